The Kier molecular flexibility index (Phi) is 5.78. The molecule has 3 N–H and O–H groups in total. The van der Waals surface area contributed by atoms with Crippen molar-refractivity contribution in [2.75, 3.05) is 20.6 Å². The number of fused-ring (bicyclic) bond motifs is 1. The Morgan fingerprint density at radius 3 is 2.31 bits per heavy atom. The Bertz CT molecular complexity index is 718. The van der Waals surface area contributed by atoms with Crippen molar-refractivity contribution in [1.82, 2.24) is 15.5 Å². The third kappa shape index (κ3) is 4.76. The van der Waals surface area contributed by atoms with Gasteiger partial charge in [0.2, 0.25) is 0 Å². The molecular formula is C21H27N3O2. The van der Waals surface area contributed by atoms with Crippen LogP contribution in [0.2, 0.25) is 0 Å². The summed E-state index contributed by atoms with van der Waals surface area (Å²) in [7, 11) is 4.02. The number of nitrogens with one attached hydrogen (secondary N) is 2. The van der Waals surface area contributed by atoms with E-state index in [4.69, 9.17) is 0 Å². The number of phenols is 1. The molecule has 2 aromatic rings. The van der Waals surface area contributed by atoms with Crippen LogP contribution in [0, 0.1) is 0 Å². The van der Waals surface area contributed by atoms with Crippen LogP contribution in [0.4, 0.5) is 4.79 Å². The number of benzene rings is 2. The Balaban J connectivity index is 1.48. The zero-order valence-electron chi connectivity index (χ0n) is 15.4. The van der Waals surface area contributed by atoms with Crippen molar-refractivity contribution in [2.45, 2.75) is 31.3 Å². The number of aromatic hydroxyl groups is 1. The van der Waals surface area contributed by atoms with Crippen molar-refractivity contribution < 1.29 is 9.90 Å². The number of rotatable bonds is 6. The van der Waals surface area contributed by atoms with Crippen LogP contribution in [0.25, 0.3) is 0 Å². The van der Waals surface area contributed by atoms with Crippen molar-refractivity contribution in [3.8, 4) is 5.75 Å². The van der Waals surface area contributed by atoms with Crippen LogP contribution in [-0.4, -0.2) is 48.8 Å². The van der Waals surface area contributed by atoms with Gasteiger partial charge in [0.05, 0.1) is 0 Å². The highest BCUT2D eigenvalue weighted by Crippen LogP contribution is 2.21. The maximum Gasteiger partial charge on any atom is 0.315 e. The molecule has 0 spiro atoms. The molecule has 0 aliphatic heterocycles. The number of likely N-dealkylation sites (N-methyl/N-ethyl adjacent to an activating group) is 1. The van der Waals surface area contributed by atoms with Gasteiger partial charge >= 0.3 is 6.03 Å². The molecule has 5 nitrogen and oxygen atoms in total. The van der Waals surface area contributed by atoms with Gasteiger partial charge in [-0.2, -0.15) is 0 Å². The minimum absolute atomic E-state index is 0.111. The Morgan fingerprint density at radius 1 is 1.12 bits per heavy atom. The van der Waals surface area contributed by atoms with E-state index in [9.17, 15) is 9.90 Å². The highest BCUT2D eigenvalue weighted by molar-refractivity contribution is 5.74. The first kappa shape index (κ1) is 18.3. The first-order valence-corrected chi connectivity index (χ1v) is 9.06. The largest absolute Gasteiger partial charge is 0.508 e. The van der Waals surface area contributed by atoms with Gasteiger partial charge in [-0.05, 0) is 62.2 Å². The number of amides is 2. The minimum Gasteiger partial charge on any atom is -0.508 e. The van der Waals surface area contributed by atoms with Gasteiger partial charge in [0.1, 0.15) is 5.75 Å². The molecule has 2 aromatic carbocycles. The van der Waals surface area contributed by atoms with Crippen LogP contribution in [0.15, 0.2) is 48.5 Å². The molecular weight excluding hydrogens is 326 g/mol. The van der Waals surface area contributed by atoms with Crippen molar-refractivity contribution in [1.29, 1.82) is 0 Å². The average Bonchev–Trinajstić information content (AvgIpc) is 3.02. The molecule has 5 heteroatoms. The first-order chi connectivity index (χ1) is 12.5. The van der Waals surface area contributed by atoms with Gasteiger partial charge in [0.15, 0.2) is 0 Å². The summed E-state index contributed by atoms with van der Waals surface area (Å²) in [5, 5.41) is 15.5. The van der Waals surface area contributed by atoms with Gasteiger partial charge in [-0.15, -0.1) is 0 Å². The molecule has 26 heavy (non-hydrogen) atoms. The van der Waals surface area contributed by atoms with Crippen LogP contribution >= 0.6 is 0 Å². The molecule has 0 saturated carbocycles. The zero-order chi connectivity index (χ0) is 18.5. The normalized spacial score (nSPS) is 14.9. The molecule has 0 radical (unpaired) electrons. The zero-order valence-corrected chi connectivity index (χ0v) is 15.4. The maximum atomic E-state index is 12.3. The van der Waals surface area contributed by atoms with Crippen LogP contribution in [0.3, 0.4) is 0 Å². The van der Waals surface area contributed by atoms with Crippen LogP contribution < -0.4 is 10.6 Å². The fourth-order valence-corrected chi connectivity index (χ4v) is 3.45. The maximum absolute atomic E-state index is 12.3. The third-order valence-electron chi connectivity index (χ3n) is 5.02. The molecule has 0 aromatic heterocycles. The second-order valence-corrected chi connectivity index (χ2v) is 7.22. The van der Waals surface area contributed by atoms with E-state index < -0.39 is 0 Å². The predicted octanol–water partition coefficient (Wildman–Crippen LogP) is 2.33. The molecule has 3 rings (SSSR count). The summed E-state index contributed by atoms with van der Waals surface area (Å²) < 4.78 is 0. The van der Waals surface area contributed by atoms with Crippen molar-refractivity contribution in [3.05, 3.63) is 65.2 Å². The van der Waals surface area contributed by atoms with Gasteiger partial charge in [0, 0.05) is 18.6 Å². The Labute approximate surface area is 155 Å². The summed E-state index contributed by atoms with van der Waals surface area (Å²) in [6.45, 7) is 0.569. The summed E-state index contributed by atoms with van der Waals surface area (Å²) in [6, 6.07) is 15.8. The van der Waals surface area contributed by atoms with E-state index in [1.54, 1.807) is 12.1 Å². The van der Waals surface area contributed by atoms with E-state index in [2.05, 4.69) is 27.7 Å². The van der Waals surface area contributed by atoms with E-state index in [1.807, 2.05) is 38.4 Å². The summed E-state index contributed by atoms with van der Waals surface area (Å²) in [6.07, 6.45) is 2.60. The summed E-state index contributed by atoms with van der Waals surface area (Å²) in [4.78, 5) is 14.4. The molecule has 1 aliphatic carbocycles. The molecule has 0 fully saturated rings. The standard InChI is InChI=1S/C21H27N3O2/c1-24(2)19(11-15-7-9-20(25)10-8-15)14-22-21(26)23-18-12-16-5-3-4-6-17(16)13-18/h3-10,18-19,25H,11-14H2,1-2H3,(H2,22,23,26). The molecule has 0 heterocycles. The quantitative estimate of drug-likeness (QED) is 0.747. The highest BCUT2D eigenvalue weighted by atomic mass is 16.3. The van der Waals surface area contributed by atoms with Gasteiger partial charge in [-0.1, -0.05) is 36.4 Å². The molecule has 1 unspecified atom stereocenters. The lowest BCUT2D eigenvalue weighted by molar-refractivity contribution is 0.228. The van der Waals surface area contributed by atoms with E-state index in [0.717, 1.165) is 24.8 Å². The second kappa shape index (κ2) is 8.23. The summed E-state index contributed by atoms with van der Waals surface area (Å²) in [5.41, 5.74) is 3.79. The lowest BCUT2D eigenvalue weighted by atomic mass is 10.1. The summed E-state index contributed by atoms with van der Waals surface area (Å²) in [5.74, 6) is 0.269. The monoisotopic (exact) mass is 353 g/mol. The number of hydrogen-bond acceptors (Lipinski definition) is 3. The highest BCUT2D eigenvalue weighted by Gasteiger charge is 2.22. The predicted molar refractivity (Wildman–Crippen MR) is 103 cm³/mol. The van der Waals surface area contributed by atoms with Gasteiger partial charge in [-0.25, -0.2) is 4.79 Å². The van der Waals surface area contributed by atoms with Gasteiger partial charge < -0.3 is 20.6 Å². The molecule has 2 amide bonds. The second-order valence-electron chi connectivity index (χ2n) is 7.22. The summed E-state index contributed by atoms with van der Waals surface area (Å²) >= 11 is 0. The van der Waals surface area contributed by atoms with Crippen molar-refractivity contribution >= 4 is 6.03 Å². The number of hydrogen-bond donors (Lipinski definition) is 3. The Morgan fingerprint density at radius 2 is 1.73 bits per heavy atom. The Hall–Kier alpha value is -2.53. The molecule has 138 valence electrons. The van der Waals surface area contributed by atoms with E-state index in [-0.39, 0.29) is 23.9 Å². The smallest absolute Gasteiger partial charge is 0.315 e. The molecule has 1 aliphatic rings. The molecule has 1 atom stereocenters. The fraction of sp³-hybridized carbons (Fsp3) is 0.381. The molecule has 0 saturated heterocycles. The third-order valence-corrected chi connectivity index (χ3v) is 5.02. The average molecular weight is 353 g/mol. The number of urea groups is 1. The van der Waals surface area contributed by atoms with Crippen LogP contribution in [0.1, 0.15) is 16.7 Å². The molecule has 0 bridgehead atoms. The van der Waals surface area contributed by atoms with Gasteiger partial charge in [-0.3, -0.25) is 0 Å². The lowest BCUT2D eigenvalue weighted by Crippen LogP contribution is -2.48. The van der Waals surface area contributed by atoms with E-state index >= 15 is 0 Å². The van der Waals surface area contributed by atoms with Crippen molar-refractivity contribution in [2.24, 2.45) is 0 Å². The minimum atomic E-state index is -0.111. The number of carbonyl (C=O) groups excluding carboxylic acids is 1. The number of nitrogens with zero attached hydrogens (tertiary/aromatic N) is 1. The lowest BCUT2D eigenvalue weighted by Gasteiger charge is -2.25. The number of carbonyl (C=O) groups is 1. The fourth-order valence-electron chi connectivity index (χ4n) is 3.45. The van der Waals surface area contributed by atoms with Crippen molar-refractivity contribution in [3.63, 3.8) is 0 Å². The topological polar surface area (TPSA) is 64.6 Å². The van der Waals surface area contributed by atoms with Crippen LogP contribution in [-0.2, 0) is 19.3 Å². The van der Waals surface area contributed by atoms with E-state index in [1.165, 1.54) is 11.1 Å². The SMILES string of the molecule is CN(C)C(CNC(=O)NC1Cc2ccccc2C1)Cc1ccc(O)cc1. The van der Waals surface area contributed by atoms with Crippen LogP contribution in [0.5, 0.6) is 5.75 Å². The van der Waals surface area contributed by atoms with Gasteiger partial charge in [0.25, 0.3) is 0 Å². The number of phenolic OH excluding ortho intramolecular Hbond substituents is 1. The first-order valence-electron chi connectivity index (χ1n) is 9.06. The van der Waals surface area contributed by atoms with E-state index in [0.29, 0.717) is 6.54 Å².